The van der Waals surface area contributed by atoms with Crippen molar-refractivity contribution in [3.63, 3.8) is 0 Å². The summed E-state index contributed by atoms with van der Waals surface area (Å²) in [6, 6.07) is 14.6. The number of nitriles is 2. The lowest BCUT2D eigenvalue weighted by molar-refractivity contribution is -0.137. The van der Waals surface area contributed by atoms with Gasteiger partial charge in [-0.2, -0.15) is 28.7 Å². The van der Waals surface area contributed by atoms with Crippen LogP contribution in [0.25, 0.3) is 0 Å². The highest BCUT2D eigenvalue weighted by atomic mass is 19.4. The Balaban J connectivity index is 1.93. The van der Waals surface area contributed by atoms with Crippen molar-refractivity contribution in [2.75, 3.05) is 10.2 Å². The smallest absolute Gasteiger partial charge is 0.293 e. The molecular formula is C25H20F3N7O. The monoisotopic (exact) mass is 491 g/mol. The standard InChI is InChI=1S/C25H20F3N7O/c1-14(2)22(36)31-23-32-24-34(19-6-4-5-18(11-19)25(26,27)28)15(3)20(13-30)21(35(24)33-23)17-9-7-16(12-29)8-10-17/h4-11,14,21H,1-3H3,(H,31,33,36). The number of alkyl halides is 3. The summed E-state index contributed by atoms with van der Waals surface area (Å²) in [6.45, 7) is 5.00. The van der Waals surface area contributed by atoms with Gasteiger partial charge in [-0.05, 0) is 42.8 Å². The number of allylic oxidation sites excluding steroid dienone is 2. The van der Waals surface area contributed by atoms with Crippen LogP contribution in [0, 0.1) is 28.6 Å². The van der Waals surface area contributed by atoms with Gasteiger partial charge in [-0.3, -0.25) is 15.0 Å². The van der Waals surface area contributed by atoms with Crippen molar-refractivity contribution >= 4 is 23.5 Å². The number of rotatable bonds is 4. The summed E-state index contributed by atoms with van der Waals surface area (Å²) in [5.74, 6) is -0.636. The van der Waals surface area contributed by atoms with E-state index in [9.17, 15) is 23.2 Å². The van der Waals surface area contributed by atoms with Gasteiger partial charge in [-0.15, -0.1) is 5.10 Å². The van der Waals surface area contributed by atoms with Crippen LogP contribution in [0.1, 0.15) is 43.5 Å². The SMILES string of the molecule is CC1=C(C#N)C(c2ccc(C#N)cc2)n2nc(NC(=O)C(C)C)nc2N1c1cccc(C(F)(F)F)c1. The molecule has 1 amide bonds. The van der Waals surface area contributed by atoms with Crippen LogP contribution in [-0.4, -0.2) is 20.7 Å². The number of aromatic nitrogens is 3. The molecular weight excluding hydrogens is 471 g/mol. The maximum Gasteiger partial charge on any atom is 0.416 e. The van der Waals surface area contributed by atoms with E-state index in [4.69, 9.17) is 5.26 Å². The van der Waals surface area contributed by atoms with E-state index in [1.807, 2.05) is 6.07 Å². The molecule has 0 bridgehead atoms. The second-order valence-electron chi connectivity index (χ2n) is 8.45. The lowest BCUT2D eigenvalue weighted by Crippen LogP contribution is -2.31. The third-order valence-corrected chi connectivity index (χ3v) is 5.72. The number of anilines is 3. The minimum atomic E-state index is -4.57. The predicted molar refractivity (Wildman–Crippen MR) is 125 cm³/mol. The van der Waals surface area contributed by atoms with E-state index in [0.29, 0.717) is 16.8 Å². The number of carbonyl (C=O) groups excluding carboxylic acids is 1. The summed E-state index contributed by atoms with van der Waals surface area (Å²) in [6.07, 6.45) is -4.57. The molecule has 36 heavy (non-hydrogen) atoms. The van der Waals surface area contributed by atoms with Crippen molar-refractivity contribution in [3.05, 3.63) is 76.5 Å². The Morgan fingerprint density at radius 1 is 1.11 bits per heavy atom. The Kier molecular flexibility index (Phi) is 6.25. The van der Waals surface area contributed by atoms with Gasteiger partial charge in [-0.25, -0.2) is 4.68 Å². The quantitative estimate of drug-likeness (QED) is 0.530. The predicted octanol–water partition coefficient (Wildman–Crippen LogP) is 5.30. The zero-order valence-corrected chi connectivity index (χ0v) is 19.5. The molecule has 182 valence electrons. The van der Waals surface area contributed by atoms with Gasteiger partial charge in [0.2, 0.25) is 11.9 Å². The molecule has 1 aromatic heterocycles. The van der Waals surface area contributed by atoms with E-state index >= 15 is 0 Å². The molecule has 3 aromatic rings. The van der Waals surface area contributed by atoms with E-state index in [1.54, 1.807) is 45.0 Å². The van der Waals surface area contributed by atoms with E-state index in [1.165, 1.54) is 21.7 Å². The third kappa shape index (κ3) is 4.39. The van der Waals surface area contributed by atoms with Crippen LogP contribution in [0.2, 0.25) is 0 Å². The van der Waals surface area contributed by atoms with Crippen LogP contribution in [0.15, 0.2) is 59.8 Å². The van der Waals surface area contributed by atoms with Crippen LogP contribution in [0.3, 0.4) is 0 Å². The number of carbonyl (C=O) groups is 1. The van der Waals surface area contributed by atoms with Gasteiger partial charge >= 0.3 is 6.18 Å². The molecule has 0 aliphatic carbocycles. The lowest BCUT2D eigenvalue weighted by atomic mass is 9.95. The molecule has 0 spiro atoms. The van der Waals surface area contributed by atoms with Crippen LogP contribution < -0.4 is 10.2 Å². The van der Waals surface area contributed by atoms with Crippen molar-refractivity contribution < 1.29 is 18.0 Å². The number of nitrogens with zero attached hydrogens (tertiary/aromatic N) is 6. The van der Waals surface area contributed by atoms with Gasteiger partial charge < -0.3 is 0 Å². The molecule has 1 aliphatic rings. The molecule has 1 N–H and O–H groups in total. The average Bonchev–Trinajstić information content (AvgIpc) is 3.25. The largest absolute Gasteiger partial charge is 0.416 e. The summed E-state index contributed by atoms with van der Waals surface area (Å²) in [7, 11) is 0. The first-order chi connectivity index (χ1) is 17.0. The first kappa shape index (κ1) is 24.5. The second-order valence-corrected chi connectivity index (χ2v) is 8.45. The number of hydrogen-bond acceptors (Lipinski definition) is 6. The van der Waals surface area contributed by atoms with Crippen molar-refractivity contribution in [1.82, 2.24) is 14.8 Å². The first-order valence-electron chi connectivity index (χ1n) is 10.9. The zero-order chi connectivity index (χ0) is 26.2. The highest BCUT2D eigenvalue weighted by Crippen LogP contribution is 2.43. The Labute approximate surface area is 204 Å². The molecule has 0 saturated heterocycles. The second kappa shape index (κ2) is 9.19. The summed E-state index contributed by atoms with van der Waals surface area (Å²) >= 11 is 0. The van der Waals surface area contributed by atoms with Crippen molar-refractivity contribution in [3.8, 4) is 12.1 Å². The van der Waals surface area contributed by atoms with Gasteiger partial charge in [0.05, 0.1) is 28.8 Å². The summed E-state index contributed by atoms with van der Waals surface area (Å²) in [4.78, 5) is 18.1. The Morgan fingerprint density at radius 3 is 2.39 bits per heavy atom. The molecule has 0 fully saturated rings. The third-order valence-electron chi connectivity index (χ3n) is 5.72. The molecule has 1 atom stereocenters. The topological polar surface area (TPSA) is 111 Å². The van der Waals surface area contributed by atoms with E-state index in [-0.39, 0.29) is 35.0 Å². The molecule has 1 unspecified atom stereocenters. The fourth-order valence-electron chi connectivity index (χ4n) is 3.86. The number of benzene rings is 2. The molecule has 2 aromatic carbocycles. The zero-order valence-electron chi connectivity index (χ0n) is 19.5. The average molecular weight is 491 g/mol. The van der Waals surface area contributed by atoms with Crippen molar-refractivity contribution in [1.29, 1.82) is 10.5 Å². The molecule has 0 saturated carbocycles. The molecule has 8 nitrogen and oxygen atoms in total. The minimum absolute atomic E-state index is 0.0497. The normalized spacial score (nSPS) is 15.4. The van der Waals surface area contributed by atoms with E-state index in [0.717, 1.165) is 12.1 Å². The Morgan fingerprint density at radius 2 is 1.81 bits per heavy atom. The molecule has 2 heterocycles. The number of hydrogen-bond donors (Lipinski definition) is 1. The van der Waals surface area contributed by atoms with Gasteiger partial charge in [0, 0.05) is 17.3 Å². The molecule has 4 rings (SSSR count). The Hall–Kier alpha value is -4.64. The minimum Gasteiger partial charge on any atom is -0.293 e. The lowest BCUT2D eigenvalue weighted by Gasteiger charge is -2.34. The maximum absolute atomic E-state index is 13.5. The summed E-state index contributed by atoms with van der Waals surface area (Å²) in [5.41, 5.74) is 0.872. The Bertz CT molecular complexity index is 1440. The van der Waals surface area contributed by atoms with E-state index in [2.05, 4.69) is 21.5 Å². The van der Waals surface area contributed by atoms with Crippen LogP contribution >= 0.6 is 0 Å². The highest BCUT2D eigenvalue weighted by Gasteiger charge is 2.37. The molecule has 11 heteroatoms. The van der Waals surface area contributed by atoms with Crippen LogP contribution in [0.4, 0.5) is 30.8 Å². The van der Waals surface area contributed by atoms with Gasteiger partial charge in [-0.1, -0.05) is 32.0 Å². The fourth-order valence-corrected chi connectivity index (χ4v) is 3.86. The molecule has 0 radical (unpaired) electrons. The van der Waals surface area contributed by atoms with Crippen molar-refractivity contribution in [2.45, 2.75) is 33.0 Å². The van der Waals surface area contributed by atoms with Crippen LogP contribution in [0.5, 0.6) is 0 Å². The summed E-state index contributed by atoms with van der Waals surface area (Å²) in [5, 5.41) is 26.3. The molecule has 1 aliphatic heterocycles. The number of nitrogens with one attached hydrogen (secondary N) is 1. The number of fused-ring (bicyclic) bond motifs is 1. The first-order valence-corrected chi connectivity index (χ1v) is 10.9. The highest BCUT2D eigenvalue weighted by molar-refractivity contribution is 5.90. The van der Waals surface area contributed by atoms with Crippen molar-refractivity contribution in [2.24, 2.45) is 5.92 Å². The maximum atomic E-state index is 13.5. The fraction of sp³-hybridized carbons (Fsp3) is 0.240. The van der Waals surface area contributed by atoms with Gasteiger partial charge in [0.1, 0.15) is 6.04 Å². The van der Waals surface area contributed by atoms with E-state index < -0.39 is 17.8 Å². The number of amides is 1. The van der Waals surface area contributed by atoms with Gasteiger partial charge in [0.15, 0.2) is 0 Å². The van der Waals surface area contributed by atoms with Gasteiger partial charge in [0.25, 0.3) is 5.95 Å². The number of halogens is 3. The summed E-state index contributed by atoms with van der Waals surface area (Å²) < 4.78 is 41.8. The van der Waals surface area contributed by atoms with Crippen LogP contribution in [-0.2, 0) is 11.0 Å².